The van der Waals surface area contributed by atoms with E-state index in [0.29, 0.717) is 11.2 Å². The van der Waals surface area contributed by atoms with Gasteiger partial charge in [-0.05, 0) is 0 Å². The highest BCUT2D eigenvalue weighted by Gasteiger charge is 2.47. The van der Waals surface area contributed by atoms with Crippen LogP contribution in [0, 0.1) is 0 Å². The summed E-state index contributed by atoms with van der Waals surface area (Å²) >= 11 is 0. The molecule has 3 heterocycles. The first kappa shape index (κ1) is 17.3. The summed E-state index contributed by atoms with van der Waals surface area (Å²) in [5, 5.41) is 22.4. The van der Waals surface area contributed by atoms with Crippen LogP contribution in [0.1, 0.15) is 6.23 Å². The summed E-state index contributed by atoms with van der Waals surface area (Å²) in [5.74, 6) is 0.184. The molecule has 1 fully saturated rings. The monoisotopic (exact) mass is 353 g/mol. The number of carbonyl (C=O) groups excluding carboxylic acids is 1. The molecular formula is C13H19N7O5. The van der Waals surface area contributed by atoms with Crippen molar-refractivity contribution in [1.29, 1.82) is 0 Å². The molecule has 1 aliphatic heterocycles. The van der Waals surface area contributed by atoms with E-state index in [1.807, 2.05) is 0 Å². The number of fused-ring (bicyclic) bond motifs is 1. The predicted molar refractivity (Wildman–Crippen MR) is 84.1 cm³/mol. The van der Waals surface area contributed by atoms with Gasteiger partial charge >= 0.3 is 6.09 Å². The summed E-state index contributed by atoms with van der Waals surface area (Å²) in [6, 6.07) is 0. The molecule has 136 valence electrons. The molecule has 3 rings (SSSR count). The van der Waals surface area contributed by atoms with Gasteiger partial charge in [0.05, 0.1) is 12.9 Å². The van der Waals surface area contributed by atoms with E-state index in [-0.39, 0.29) is 18.9 Å². The Morgan fingerprint density at radius 3 is 2.96 bits per heavy atom. The van der Waals surface area contributed by atoms with Crippen molar-refractivity contribution < 1.29 is 24.5 Å². The number of nitrogens with one attached hydrogen (secondary N) is 1. The minimum Gasteiger partial charge on any atom is -0.440 e. The molecule has 7 N–H and O–H groups in total. The van der Waals surface area contributed by atoms with E-state index >= 15 is 0 Å². The predicted octanol–water partition coefficient (Wildman–Crippen LogP) is -2.29. The van der Waals surface area contributed by atoms with Gasteiger partial charge in [0.2, 0.25) is 0 Å². The fourth-order valence-corrected chi connectivity index (χ4v) is 2.64. The maximum atomic E-state index is 11.7. The summed E-state index contributed by atoms with van der Waals surface area (Å²) in [7, 11) is 0. The molecule has 2 unspecified atom stereocenters. The van der Waals surface area contributed by atoms with Gasteiger partial charge in [0.15, 0.2) is 23.8 Å². The topological polar surface area (TPSA) is 184 Å². The number of imidazole rings is 1. The number of aromatic nitrogens is 4. The normalized spacial score (nSPS) is 26.0. The Hall–Kier alpha value is -2.54. The number of amides is 1. The zero-order chi connectivity index (χ0) is 18.0. The summed E-state index contributed by atoms with van der Waals surface area (Å²) in [4.78, 5) is 23.7. The molecule has 1 amide bonds. The Morgan fingerprint density at radius 2 is 2.24 bits per heavy atom. The van der Waals surface area contributed by atoms with Gasteiger partial charge in [0.25, 0.3) is 0 Å². The van der Waals surface area contributed by atoms with Crippen molar-refractivity contribution in [1.82, 2.24) is 24.8 Å². The molecule has 0 bridgehead atoms. The fraction of sp³-hybridized carbons (Fsp3) is 0.538. The van der Waals surface area contributed by atoms with Crippen molar-refractivity contribution in [3.8, 4) is 0 Å². The van der Waals surface area contributed by atoms with Crippen LogP contribution in [-0.4, -0.2) is 73.8 Å². The molecule has 0 aliphatic carbocycles. The Balaban J connectivity index is 1.83. The maximum absolute atomic E-state index is 11.7. The average Bonchev–Trinajstić information content (AvgIpc) is 3.16. The molecule has 12 heteroatoms. The first-order valence-electron chi connectivity index (χ1n) is 7.58. The van der Waals surface area contributed by atoms with Crippen molar-refractivity contribution in [2.45, 2.75) is 24.5 Å². The number of hydrogen-bond donors (Lipinski definition) is 5. The highest BCUT2D eigenvalue weighted by Crippen LogP contribution is 2.33. The molecule has 0 spiro atoms. The minimum atomic E-state index is -1.26. The van der Waals surface area contributed by atoms with Crippen molar-refractivity contribution in [3.63, 3.8) is 0 Å². The van der Waals surface area contributed by atoms with Crippen molar-refractivity contribution >= 4 is 23.1 Å². The second kappa shape index (κ2) is 7.14. The Labute approximate surface area is 141 Å². The van der Waals surface area contributed by atoms with Crippen LogP contribution in [0.2, 0.25) is 0 Å². The standard InChI is InChI=1S/C13H19N7O5/c14-1-2-16-13(23)25-9-6(3-21)24-12(8(9)22)20-5-19-7-10(15)17-4-18-11(7)20/h4-6,8-9,12,21-22H,1-3,14H2,(H,16,23)(H2,15,17,18)/t6-,8?,9?,12-/m1/s1. The van der Waals surface area contributed by atoms with Crippen LogP contribution in [0.5, 0.6) is 0 Å². The molecular weight excluding hydrogens is 334 g/mol. The van der Waals surface area contributed by atoms with Crippen LogP contribution in [0.3, 0.4) is 0 Å². The average molecular weight is 353 g/mol. The lowest BCUT2D eigenvalue weighted by Gasteiger charge is -2.20. The maximum Gasteiger partial charge on any atom is 0.407 e. The summed E-state index contributed by atoms with van der Waals surface area (Å²) in [6.07, 6.45) is -2.34. The van der Waals surface area contributed by atoms with Gasteiger partial charge in [0, 0.05) is 13.1 Å². The number of anilines is 1. The molecule has 2 aromatic heterocycles. The van der Waals surface area contributed by atoms with Gasteiger partial charge in [-0.2, -0.15) is 0 Å². The van der Waals surface area contributed by atoms with Crippen LogP contribution >= 0.6 is 0 Å². The number of carbonyl (C=O) groups is 1. The number of ether oxygens (including phenoxy) is 2. The van der Waals surface area contributed by atoms with Crippen LogP contribution < -0.4 is 16.8 Å². The molecule has 0 radical (unpaired) electrons. The molecule has 12 nitrogen and oxygen atoms in total. The lowest BCUT2D eigenvalue weighted by molar-refractivity contribution is -0.0516. The van der Waals surface area contributed by atoms with Gasteiger partial charge < -0.3 is 36.5 Å². The summed E-state index contributed by atoms with van der Waals surface area (Å²) in [5.41, 5.74) is 11.7. The quantitative estimate of drug-likeness (QED) is 0.392. The molecule has 25 heavy (non-hydrogen) atoms. The molecule has 0 aromatic carbocycles. The third-order valence-electron chi connectivity index (χ3n) is 3.81. The van der Waals surface area contributed by atoms with Crippen molar-refractivity contribution in [3.05, 3.63) is 12.7 Å². The first-order chi connectivity index (χ1) is 12.1. The second-order valence-corrected chi connectivity index (χ2v) is 5.41. The van der Waals surface area contributed by atoms with Crippen LogP contribution in [0.25, 0.3) is 11.2 Å². The largest absolute Gasteiger partial charge is 0.440 e. The van der Waals surface area contributed by atoms with Gasteiger partial charge in [0.1, 0.15) is 24.1 Å². The Kier molecular flexibility index (Phi) is 4.94. The van der Waals surface area contributed by atoms with Crippen LogP contribution in [0.4, 0.5) is 10.6 Å². The number of aliphatic hydroxyl groups excluding tert-OH is 2. The number of nitrogens with two attached hydrogens (primary N) is 2. The number of hydrogen-bond acceptors (Lipinski definition) is 10. The number of nitrogen functional groups attached to an aromatic ring is 1. The number of alkyl carbamates (subject to hydrolysis) is 1. The highest BCUT2D eigenvalue weighted by atomic mass is 16.6. The SMILES string of the molecule is NCCNC(=O)OC1C(O)[C@H](n2cnc3c(N)ncnc32)O[C@@H]1CO. The van der Waals surface area contributed by atoms with E-state index < -0.39 is 37.2 Å². The van der Waals surface area contributed by atoms with Gasteiger partial charge in [-0.3, -0.25) is 4.57 Å². The third kappa shape index (κ3) is 3.19. The lowest BCUT2D eigenvalue weighted by atomic mass is 10.1. The van der Waals surface area contributed by atoms with E-state index in [0.717, 1.165) is 0 Å². The lowest BCUT2D eigenvalue weighted by Crippen LogP contribution is -2.41. The summed E-state index contributed by atoms with van der Waals surface area (Å²) in [6.45, 7) is 0.0112. The van der Waals surface area contributed by atoms with E-state index in [1.54, 1.807) is 0 Å². The first-order valence-corrected chi connectivity index (χ1v) is 7.58. The Morgan fingerprint density at radius 1 is 1.44 bits per heavy atom. The highest BCUT2D eigenvalue weighted by molar-refractivity contribution is 5.81. The van der Waals surface area contributed by atoms with Gasteiger partial charge in [-0.25, -0.2) is 19.7 Å². The number of nitrogens with zero attached hydrogens (tertiary/aromatic N) is 4. The molecule has 2 aromatic rings. The van der Waals surface area contributed by atoms with E-state index in [1.165, 1.54) is 17.2 Å². The summed E-state index contributed by atoms with van der Waals surface area (Å²) < 4.78 is 12.2. The smallest absolute Gasteiger partial charge is 0.407 e. The Bertz CT molecular complexity index is 753. The van der Waals surface area contributed by atoms with Crippen LogP contribution in [-0.2, 0) is 9.47 Å². The van der Waals surface area contributed by atoms with Gasteiger partial charge in [-0.15, -0.1) is 0 Å². The van der Waals surface area contributed by atoms with E-state index in [9.17, 15) is 15.0 Å². The van der Waals surface area contributed by atoms with Crippen LogP contribution in [0.15, 0.2) is 12.7 Å². The van der Waals surface area contributed by atoms with E-state index in [2.05, 4.69) is 20.3 Å². The molecule has 1 aliphatic rings. The number of rotatable bonds is 5. The second-order valence-electron chi connectivity index (χ2n) is 5.41. The zero-order valence-corrected chi connectivity index (χ0v) is 13.1. The fourth-order valence-electron chi connectivity index (χ4n) is 2.64. The molecule has 1 saturated heterocycles. The third-order valence-corrected chi connectivity index (χ3v) is 3.81. The molecule has 0 saturated carbocycles. The van der Waals surface area contributed by atoms with Crippen molar-refractivity contribution in [2.24, 2.45) is 5.73 Å². The minimum absolute atomic E-state index is 0.184. The van der Waals surface area contributed by atoms with E-state index in [4.69, 9.17) is 20.9 Å². The zero-order valence-electron chi connectivity index (χ0n) is 13.1. The number of aliphatic hydroxyl groups is 2. The van der Waals surface area contributed by atoms with Gasteiger partial charge in [-0.1, -0.05) is 0 Å². The van der Waals surface area contributed by atoms with Crippen molar-refractivity contribution in [2.75, 3.05) is 25.4 Å². The molecule has 4 atom stereocenters.